The molecule has 0 fully saturated rings. The van der Waals surface area contributed by atoms with E-state index in [1.807, 2.05) is 48.9 Å². The van der Waals surface area contributed by atoms with Crippen molar-refractivity contribution in [2.45, 2.75) is 26.6 Å². The summed E-state index contributed by atoms with van der Waals surface area (Å²) in [6, 6.07) is 11.3. The lowest BCUT2D eigenvalue weighted by Crippen LogP contribution is -2.31. The molecule has 0 aliphatic carbocycles. The molecule has 3 heterocycles. The lowest BCUT2D eigenvalue weighted by atomic mass is 9.98. The summed E-state index contributed by atoms with van der Waals surface area (Å²) in [5.74, 6) is -1.69. The Balaban J connectivity index is 1.98. The molecule has 24 heavy (non-hydrogen) atoms. The van der Waals surface area contributed by atoms with Crippen LogP contribution in [0.1, 0.15) is 36.3 Å². The molecule has 0 aliphatic rings. The predicted molar refractivity (Wildman–Crippen MR) is 97.0 cm³/mol. The second-order valence-electron chi connectivity index (χ2n) is 6.12. The highest BCUT2D eigenvalue weighted by Gasteiger charge is 2.21. The van der Waals surface area contributed by atoms with Crippen LogP contribution in [0.15, 0.2) is 53.2 Å². The quantitative estimate of drug-likeness (QED) is 0.491. The number of fused-ring (bicyclic) bond motifs is 3. The maximum Gasteiger partial charge on any atom is 0.213 e. The van der Waals surface area contributed by atoms with Gasteiger partial charge in [0.1, 0.15) is 18.1 Å². The molecule has 0 amide bonds. The second-order valence-corrected chi connectivity index (χ2v) is 6.12. The summed E-state index contributed by atoms with van der Waals surface area (Å²) in [7, 11) is 1.86. The first-order chi connectivity index (χ1) is 13.1. The van der Waals surface area contributed by atoms with E-state index in [1.54, 1.807) is 18.5 Å². The summed E-state index contributed by atoms with van der Waals surface area (Å²) in [4.78, 5) is 4.51. The van der Waals surface area contributed by atoms with Crippen molar-refractivity contribution in [3.05, 3.63) is 59.9 Å². The molecule has 1 atom stereocenters. The third-order valence-electron chi connectivity index (χ3n) is 4.43. The Labute approximate surface area is 147 Å². The first-order valence-electron chi connectivity index (χ1n) is 9.88. The Morgan fingerprint density at radius 3 is 2.88 bits per heavy atom. The molecule has 0 aliphatic heterocycles. The number of benzene rings is 1. The van der Waals surface area contributed by atoms with Gasteiger partial charge in [-0.15, -0.1) is 0 Å². The highest BCUT2D eigenvalue weighted by atomic mass is 16.3. The normalized spacial score (nSPS) is 17.1. The van der Waals surface area contributed by atoms with Gasteiger partial charge in [0.05, 0.1) is 10.9 Å². The van der Waals surface area contributed by atoms with Crippen LogP contribution in [0.2, 0.25) is 0 Å². The van der Waals surface area contributed by atoms with E-state index >= 15 is 0 Å². The average molecular weight is 321 g/mol. The molecule has 0 spiro atoms. The van der Waals surface area contributed by atoms with Crippen molar-refractivity contribution in [3.63, 3.8) is 0 Å². The van der Waals surface area contributed by atoms with E-state index in [9.17, 15) is 0 Å². The maximum absolute atomic E-state index is 8.35. The van der Waals surface area contributed by atoms with Crippen molar-refractivity contribution in [1.82, 2.24) is 4.98 Å². The van der Waals surface area contributed by atoms with Crippen LogP contribution in [0.3, 0.4) is 0 Å². The van der Waals surface area contributed by atoms with Crippen LogP contribution in [0, 0.1) is 6.92 Å². The summed E-state index contributed by atoms with van der Waals surface area (Å²) < 4.78 is 39.2. The van der Waals surface area contributed by atoms with Gasteiger partial charge in [0.2, 0.25) is 5.69 Å². The summed E-state index contributed by atoms with van der Waals surface area (Å²) in [5, 5.41) is 0.934. The topological polar surface area (TPSA) is 29.9 Å². The Kier molecular flexibility index (Phi) is 2.49. The summed E-state index contributed by atoms with van der Waals surface area (Å²) in [5.41, 5.74) is 5.68. The SMILES string of the molecule is [2H]C([2H])([2H])C([2H])(C)c1ccc(-c2c(C)ccc3oc4cccnc4c23)[n+](C)c1. The van der Waals surface area contributed by atoms with Gasteiger partial charge in [0, 0.05) is 23.3 Å². The fourth-order valence-electron chi connectivity index (χ4n) is 3.21. The first-order valence-corrected chi connectivity index (χ1v) is 7.88. The number of pyridine rings is 2. The van der Waals surface area contributed by atoms with Crippen LogP contribution in [0.5, 0.6) is 0 Å². The standard InChI is InChI=1S/C21H21N2O/c1-13(2)15-8-9-16(23(4)12-15)19-14(3)7-10-17-20(19)21-18(24-17)6-5-11-22-21/h5-13H,1-4H3/q+1/i1D3,13D. The van der Waals surface area contributed by atoms with Gasteiger partial charge in [-0.05, 0) is 42.6 Å². The van der Waals surface area contributed by atoms with Crippen LogP contribution in [0.25, 0.3) is 33.3 Å². The monoisotopic (exact) mass is 321 g/mol. The fraction of sp³-hybridized carbons (Fsp3) is 0.238. The zero-order valence-electron chi connectivity index (χ0n) is 17.9. The Morgan fingerprint density at radius 2 is 2.08 bits per heavy atom. The molecular weight excluding hydrogens is 296 g/mol. The van der Waals surface area contributed by atoms with Crippen molar-refractivity contribution in [1.29, 1.82) is 0 Å². The minimum Gasteiger partial charge on any atom is -0.454 e. The number of hydrogen-bond acceptors (Lipinski definition) is 2. The first kappa shape index (κ1) is 11.0. The minimum atomic E-state index is -2.41. The predicted octanol–water partition coefficient (Wildman–Crippen LogP) is 4.90. The van der Waals surface area contributed by atoms with Gasteiger partial charge in [0.15, 0.2) is 11.8 Å². The van der Waals surface area contributed by atoms with Crippen molar-refractivity contribution in [3.8, 4) is 11.3 Å². The van der Waals surface area contributed by atoms with Crippen LogP contribution < -0.4 is 4.57 Å². The minimum absolute atomic E-state index is 0.443. The number of nitrogens with zero attached hydrogens (tertiary/aromatic N) is 2. The molecule has 0 bridgehead atoms. The number of rotatable bonds is 2. The number of hydrogen-bond donors (Lipinski definition) is 0. The Morgan fingerprint density at radius 1 is 1.21 bits per heavy atom. The lowest BCUT2D eigenvalue weighted by molar-refractivity contribution is -0.660. The largest absolute Gasteiger partial charge is 0.454 e. The van der Waals surface area contributed by atoms with Gasteiger partial charge < -0.3 is 4.42 Å². The van der Waals surface area contributed by atoms with Crippen molar-refractivity contribution < 1.29 is 14.5 Å². The maximum atomic E-state index is 8.35. The summed E-state index contributed by atoms with van der Waals surface area (Å²) >= 11 is 0. The van der Waals surface area contributed by atoms with Gasteiger partial charge in [-0.25, -0.2) is 4.57 Å². The van der Waals surface area contributed by atoms with Crippen molar-refractivity contribution in [2.75, 3.05) is 0 Å². The van der Waals surface area contributed by atoms with E-state index < -0.39 is 12.7 Å². The van der Waals surface area contributed by atoms with Gasteiger partial charge in [-0.3, -0.25) is 4.98 Å². The molecule has 0 N–H and O–H groups in total. The summed E-state index contributed by atoms with van der Waals surface area (Å²) in [6.07, 6.45) is 3.47. The number of aryl methyl sites for hydroxylation is 2. The molecule has 4 aromatic rings. The molecule has 3 aromatic heterocycles. The molecule has 3 heteroatoms. The van der Waals surface area contributed by atoms with E-state index in [0.717, 1.165) is 38.9 Å². The third-order valence-corrected chi connectivity index (χ3v) is 4.43. The molecular formula is C21H21N2O+. The molecule has 120 valence electrons. The van der Waals surface area contributed by atoms with E-state index in [1.165, 1.54) is 6.92 Å². The van der Waals surface area contributed by atoms with Gasteiger partial charge >= 0.3 is 0 Å². The fourth-order valence-corrected chi connectivity index (χ4v) is 3.21. The third kappa shape index (κ3) is 2.20. The highest BCUT2D eigenvalue weighted by molar-refractivity contribution is 6.10. The Hall–Kier alpha value is -2.68. The molecule has 1 aromatic carbocycles. The van der Waals surface area contributed by atoms with Gasteiger partial charge in [-0.1, -0.05) is 19.8 Å². The van der Waals surface area contributed by atoms with E-state index in [4.69, 9.17) is 9.90 Å². The van der Waals surface area contributed by atoms with E-state index in [2.05, 4.69) is 4.98 Å². The molecule has 0 saturated carbocycles. The zero-order chi connectivity index (χ0) is 20.3. The van der Waals surface area contributed by atoms with Crippen LogP contribution >= 0.6 is 0 Å². The molecule has 0 saturated heterocycles. The summed E-state index contributed by atoms with van der Waals surface area (Å²) in [6.45, 7) is 1.04. The van der Waals surface area contributed by atoms with Gasteiger partial charge in [0.25, 0.3) is 0 Å². The Bertz CT molecular complexity index is 1210. The van der Waals surface area contributed by atoms with Crippen LogP contribution in [-0.2, 0) is 7.05 Å². The number of aromatic nitrogens is 2. The molecule has 1 unspecified atom stereocenters. The van der Waals surface area contributed by atoms with Crippen molar-refractivity contribution in [2.24, 2.45) is 7.05 Å². The zero-order valence-corrected chi connectivity index (χ0v) is 13.9. The smallest absolute Gasteiger partial charge is 0.213 e. The van der Waals surface area contributed by atoms with E-state index in [0.29, 0.717) is 5.56 Å². The van der Waals surface area contributed by atoms with Crippen LogP contribution in [-0.4, -0.2) is 4.98 Å². The number of furan rings is 1. The van der Waals surface area contributed by atoms with E-state index in [-0.39, 0.29) is 0 Å². The van der Waals surface area contributed by atoms with Gasteiger partial charge in [-0.2, -0.15) is 0 Å². The highest BCUT2D eigenvalue weighted by Crippen LogP contribution is 2.36. The molecule has 4 rings (SSSR count). The average Bonchev–Trinajstić information content (AvgIpc) is 3.00. The second kappa shape index (κ2) is 5.45. The molecule has 0 radical (unpaired) electrons. The van der Waals surface area contributed by atoms with Crippen LogP contribution in [0.4, 0.5) is 0 Å². The lowest BCUT2D eigenvalue weighted by Gasteiger charge is -2.09. The van der Waals surface area contributed by atoms with Crippen molar-refractivity contribution >= 4 is 22.1 Å². The molecule has 3 nitrogen and oxygen atoms in total.